The molecule has 3 aromatic rings. The number of H-pyrrole nitrogens is 1. The van der Waals surface area contributed by atoms with E-state index in [4.69, 9.17) is 22.1 Å². The van der Waals surface area contributed by atoms with Gasteiger partial charge in [-0.3, -0.25) is 14.7 Å². The molecule has 0 aliphatic heterocycles. The zero-order valence-electron chi connectivity index (χ0n) is 19.4. The lowest BCUT2D eigenvalue weighted by Gasteiger charge is -2.14. The third-order valence-corrected chi connectivity index (χ3v) is 5.34. The predicted molar refractivity (Wildman–Crippen MR) is 127 cm³/mol. The first-order valence-corrected chi connectivity index (χ1v) is 11.0. The number of nitrogen functional groups attached to an aromatic ring is 1. The normalized spacial score (nSPS) is 14.7. The number of aromatic amines is 1. The van der Waals surface area contributed by atoms with Crippen LogP contribution in [0.25, 0.3) is 11.0 Å². The molecule has 10 nitrogen and oxygen atoms in total. The lowest BCUT2D eigenvalue weighted by Crippen LogP contribution is -2.28. The van der Waals surface area contributed by atoms with Crippen LogP contribution in [0.5, 0.6) is 0 Å². The number of nitrogens with zero attached hydrogens (tertiary/aromatic N) is 3. The fraction of sp³-hybridized carbons (Fsp3) is 0.391. The van der Waals surface area contributed by atoms with E-state index in [-0.39, 0.29) is 40.1 Å². The number of amides is 1. The summed E-state index contributed by atoms with van der Waals surface area (Å²) in [6, 6.07) is 5.21. The highest BCUT2D eigenvalue weighted by atomic mass is 35.5. The molecule has 0 saturated carbocycles. The van der Waals surface area contributed by atoms with Gasteiger partial charge in [-0.2, -0.15) is 5.10 Å². The van der Waals surface area contributed by atoms with Crippen LogP contribution < -0.4 is 11.1 Å². The second-order valence-corrected chi connectivity index (χ2v) is 9.54. The van der Waals surface area contributed by atoms with E-state index in [1.807, 2.05) is 32.9 Å². The monoisotopic (exact) mass is 486 g/mol. The van der Waals surface area contributed by atoms with Gasteiger partial charge < -0.3 is 15.8 Å². The first kappa shape index (κ1) is 25.1. The van der Waals surface area contributed by atoms with Crippen molar-refractivity contribution in [3.05, 3.63) is 46.9 Å². The van der Waals surface area contributed by atoms with Gasteiger partial charge in [0, 0.05) is 6.42 Å². The van der Waals surface area contributed by atoms with Gasteiger partial charge in [-0.05, 0) is 53.1 Å². The average molecular weight is 487 g/mol. The molecule has 1 aromatic carbocycles. The molecule has 0 bridgehead atoms. The number of carbonyl (C=O) groups is 3. The van der Waals surface area contributed by atoms with E-state index in [1.165, 1.54) is 13.4 Å². The second kappa shape index (κ2) is 10.2. The van der Waals surface area contributed by atoms with Gasteiger partial charge in [-0.15, -0.1) is 0 Å². The number of esters is 1. The second-order valence-electron chi connectivity index (χ2n) is 9.12. The number of methoxy groups -OCH3 is 1. The molecule has 1 amide bonds. The average Bonchev–Trinajstić information content (AvgIpc) is 3.35. The first-order valence-electron chi connectivity index (χ1n) is 10.6. The Bertz CT molecular complexity index is 1230. The highest BCUT2D eigenvalue weighted by molar-refractivity contribution is 6.63. The van der Waals surface area contributed by atoms with E-state index >= 15 is 0 Å². The van der Waals surface area contributed by atoms with Crippen LogP contribution in [0.3, 0.4) is 0 Å². The maximum Gasteiger partial charge on any atom is 0.337 e. The highest BCUT2D eigenvalue weighted by Gasteiger charge is 2.27. The maximum absolute atomic E-state index is 12.7. The summed E-state index contributed by atoms with van der Waals surface area (Å²) in [5.41, 5.74) is 9.29. The summed E-state index contributed by atoms with van der Waals surface area (Å²) in [4.78, 5) is 42.7. The quantitative estimate of drug-likeness (QED) is 0.375. The number of nitrogens with one attached hydrogen (secondary N) is 2. The number of hydrogen-bond donors (Lipinski definition) is 3. The number of carbonyl (C=O) groups excluding carboxylic acids is 3. The number of halogens is 1. The van der Waals surface area contributed by atoms with Crippen molar-refractivity contribution < 1.29 is 19.1 Å². The van der Waals surface area contributed by atoms with Crippen LogP contribution in [0.15, 0.2) is 24.5 Å². The van der Waals surface area contributed by atoms with Crippen LogP contribution in [0.2, 0.25) is 0 Å². The Hall–Kier alpha value is -3.53. The lowest BCUT2D eigenvalue weighted by molar-refractivity contribution is -0.113. The summed E-state index contributed by atoms with van der Waals surface area (Å²) >= 11 is 5.12. The van der Waals surface area contributed by atoms with Crippen LogP contribution in [0.4, 0.5) is 5.82 Å². The summed E-state index contributed by atoms with van der Waals surface area (Å²) in [5, 5.41) is 9.29. The number of fused-ring (bicyclic) bond motifs is 2. The number of nitrogens with two attached hydrogens (primary N) is 1. The van der Waals surface area contributed by atoms with Gasteiger partial charge in [-0.1, -0.05) is 26.8 Å². The van der Waals surface area contributed by atoms with Crippen molar-refractivity contribution in [1.82, 2.24) is 25.5 Å². The van der Waals surface area contributed by atoms with Gasteiger partial charge in [0.05, 0.1) is 18.7 Å². The molecule has 0 spiro atoms. The van der Waals surface area contributed by atoms with Crippen LogP contribution in [-0.2, 0) is 16.0 Å². The van der Waals surface area contributed by atoms with Crippen molar-refractivity contribution in [2.75, 3.05) is 12.8 Å². The predicted octanol–water partition coefficient (Wildman–Crippen LogP) is 3.33. The van der Waals surface area contributed by atoms with Gasteiger partial charge in [-0.25, -0.2) is 14.8 Å². The van der Waals surface area contributed by atoms with Crippen molar-refractivity contribution in [1.29, 1.82) is 0 Å². The van der Waals surface area contributed by atoms with Gasteiger partial charge in [0.2, 0.25) is 5.24 Å². The van der Waals surface area contributed by atoms with E-state index < -0.39 is 0 Å². The molecule has 4 rings (SSSR count). The fourth-order valence-electron chi connectivity index (χ4n) is 3.68. The van der Waals surface area contributed by atoms with Gasteiger partial charge in [0.1, 0.15) is 17.4 Å². The van der Waals surface area contributed by atoms with E-state index in [1.54, 1.807) is 6.07 Å². The summed E-state index contributed by atoms with van der Waals surface area (Å²) < 4.78 is 4.75. The molecule has 0 fully saturated rings. The molecule has 2 heterocycles. The van der Waals surface area contributed by atoms with Gasteiger partial charge in [0.25, 0.3) is 5.91 Å². The Morgan fingerprint density at radius 3 is 2.62 bits per heavy atom. The fourth-order valence-corrected chi connectivity index (χ4v) is 4.08. The molecule has 0 radical (unpaired) electrons. The molecular weight excluding hydrogens is 460 g/mol. The number of ether oxygens (including phenoxy) is 1. The minimum Gasteiger partial charge on any atom is -0.465 e. The Kier molecular flexibility index (Phi) is 7.51. The number of rotatable bonds is 4. The van der Waals surface area contributed by atoms with E-state index in [0.29, 0.717) is 23.0 Å². The maximum atomic E-state index is 12.7. The van der Waals surface area contributed by atoms with E-state index in [0.717, 1.165) is 24.0 Å². The summed E-state index contributed by atoms with van der Waals surface area (Å²) in [6.07, 6.45) is 3.25. The molecule has 0 saturated heterocycles. The SMILES string of the molecule is CC(C)(C)CC(=O)Cl.COC(=O)c1ccc2c(c1)CC[C@@H]2NC(=O)c1ncnc2c(N)n[nH]c12. The molecular formula is C23H27ClN6O4. The molecule has 4 N–H and O–H groups in total. The molecule has 1 aliphatic rings. The minimum absolute atomic E-state index is 0.0405. The third-order valence-electron chi connectivity index (χ3n) is 5.21. The summed E-state index contributed by atoms with van der Waals surface area (Å²) in [6.45, 7) is 5.94. The van der Waals surface area contributed by atoms with Crippen LogP contribution in [0.1, 0.15) is 71.6 Å². The van der Waals surface area contributed by atoms with Crippen molar-refractivity contribution in [3.8, 4) is 0 Å². The Balaban J connectivity index is 0.000000350. The number of benzene rings is 1. The zero-order valence-corrected chi connectivity index (χ0v) is 20.2. The number of hydrogen-bond acceptors (Lipinski definition) is 8. The largest absolute Gasteiger partial charge is 0.465 e. The Morgan fingerprint density at radius 2 is 2.00 bits per heavy atom. The first-order chi connectivity index (χ1) is 16.0. The highest BCUT2D eigenvalue weighted by Crippen LogP contribution is 2.32. The molecule has 180 valence electrons. The van der Waals surface area contributed by atoms with Gasteiger partial charge >= 0.3 is 5.97 Å². The van der Waals surface area contributed by atoms with Crippen molar-refractivity contribution in [3.63, 3.8) is 0 Å². The smallest absolute Gasteiger partial charge is 0.337 e. The van der Waals surface area contributed by atoms with E-state index in [9.17, 15) is 14.4 Å². The molecule has 0 unspecified atom stereocenters. The Morgan fingerprint density at radius 1 is 1.26 bits per heavy atom. The Labute approximate surface area is 201 Å². The molecule has 1 atom stereocenters. The number of aryl methyl sites for hydroxylation is 1. The zero-order chi connectivity index (χ0) is 25.0. The number of anilines is 1. The molecule has 11 heteroatoms. The van der Waals surface area contributed by atoms with Crippen molar-refractivity contribution in [2.45, 2.75) is 46.1 Å². The standard InChI is InChI=1S/C17H16N6O3.C6H11ClO/c1-26-17(25)9-2-4-10-8(6-9)3-5-11(10)21-16(24)14-12-13(19-7-20-14)15(18)23-22-12;1-6(2,3)4-5(7)8/h2,4,6-7,11H,3,5H2,1H3,(H,21,24)(H3,18,22,23);4H2,1-3H3/t11-;/m0./s1. The van der Waals surface area contributed by atoms with Crippen LogP contribution >= 0.6 is 11.6 Å². The molecule has 2 aromatic heterocycles. The van der Waals surface area contributed by atoms with Crippen LogP contribution in [0, 0.1) is 5.41 Å². The van der Waals surface area contributed by atoms with Crippen molar-refractivity contribution in [2.24, 2.45) is 5.41 Å². The number of aromatic nitrogens is 4. The van der Waals surface area contributed by atoms with Crippen molar-refractivity contribution >= 4 is 45.6 Å². The minimum atomic E-state index is -0.375. The van der Waals surface area contributed by atoms with Crippen LogP contribution in [-0.4, -0.2) is 44.4 Å². The van der Waals surface area contributed by atoms with E-state index in [2.05, 4.69) is 25.5 Å². The molecule has 1 aliphatic carbocycles. The van der Waals surface area contributed by atoms with Gasteiger partial charge in [0.15, 0.2) is 11.5 Å². The molecule has 34 heavy (non-hydrogen) atoms. The summed E-state index contributed by atoms with van der Waals surface area (Å²) in [7, 11) is 1.35. The topological polar surface area (TPSA) is 153 Å². The summed E-state index contributed by atoms with van der Waals surface area (Å²) in [5.74, 6) is -0.491. The lowest BCUT2D eigenvalue weighted by atomic mass is 9.93. The third kappa shape index (κ3) is 5.88.